The number of nitrogens with one attached hydrogen (secondary N) is 1. The van der Waals surface area contributed by atoms with Crippen LogP contribution < -0.4 is 11.1 Å². The summed E-state index contributed by atoms with van der Waals surface area (Å²) in [7, 11) is 0. The van der Waals surface area contributed by atoms with E-state index < -0.39 is 0 Å². The third-order valence-electron chi connectivity index (χ3n) is 2.08. The van der Waals surface area contributed by atoms with Gasteiger partial charge in [-0.15, -0.1) is 0 Å². The van der Waals surface area contributed by atoms with E-state index in [0.29, 0.717) is 6.54 Å². The zero-order valence-electron chi connectivity index (χ0n) is 7.09. The first-order chi connectivity index (χ1) is 5.81. The van der Waals surface area contributed by atoms with Gasteiger partial charge in [-0.1, -0.05) is 0 Å². The predicted molar refractivity (Wildman–Crippen MR) is 45.2 cm³/mol. The predicted octanol–water partition coefficient (Wildman–Crippen LogP) is -0.153. The molecule has 0 aliphatic carbocycles. The van der Waals surface area contributed by atoms with Crippen LogP contribution in [0.25, 0.3) is 0 Å². The van der Waals surface area contributed by atoms with Crippen molar-refractivity contribution in [3.63, 3.8) is 0 Å². The van der Waals surface area contributed by atoms with Crippen LogP contribution in [-0.2, 0) is 19.6 Å². The molecule has 0 radical (unpaired) electrons. The first-order valence-electron chi connectivity index (χ1n) is 4.07. The fourth-order valence-electron chi connectivity index (χ4n) is 1.54. The smallest absolute Gasteiger partial charge is 0.125 e. The third kappa shape index (κ3) is 1.09. The second-order valence-electron chi connectivity index (χ2n) is 2.95. The second-order valence-corrected chi connectivity index (χ2v) is 2.95. The fraction of sp³-hybridized carbons (Fsp3) is 0.500. The second kappa shape index (κ2) is 2.80. The molecule has 0 saturated carbocycles. The molecule has 0 saturated heterocycles. The van der Waals surface area contributed by atoms with Crippen molar-refractivity contribution in [3.8, 4) is 0 Å². The Hall–Kier alpha value is -1.00. The molecule has 1 aromatic heterocycles. The maximum absolute atomic E-state index is 5.57. The highest BCUT2D eigenvalue weighted by molar-refractivity contribution is 5.28. The molecule has 12 heavy (non-hydrogen) atoms. The van der Waals surface area contributed by atoms with E-state index in [1.165, 1.54) is 5.56 Å². The molecule has 0 spiro atoms. The van der Waals surface area contributed by atoms with Gasteiger partial charge in [0.15, 0.2) is 0 Å². The van der Waals surface area contributed by atoms with Crippen LogP contribution in [0, 0.1) is 6.92 Å². The number of hydrogen-bond donors (Lipinski definition) is 2. The Kier molecular flexibility index (Phi) is 1.78. The molecule has 1 aliphatic heterocycles. The van der Waals surface area contributed by atoms with Gasteiger partial charge in [0.05, 0.1) is 11.4 Å². The lowest BCUT2D eigenvalue weighted by molar-refractivity contribution is 0.754. The van der Waals surface area contributed by atoms with Crippen LogP contribution in [0.15, 0.2) is 0 Å². The summed E-state index contributed by atoms with van der Waals surface area (Å²) in [6.07, 6.45) is 0. The minimum absolute atomic E-state index is 0.507. The molecule has 4 heteroatoms. The summed E-state index contributed by atoms with van der Waals surface area (Å²) in [4.78, 5) is 8.62. The summed E-state index contributed by atoms with van der Waals surface area (Å²) >= 11 is 0. The zero-order chi connectivity index (χ0) is 8.55. The van der Waals surface area contributed by atoms with Crippen LogP contribution in [-0.4, -0.2) is 9.97 Å². The lowest BCUT2D eigenvalue weighted by atomic mass is 10.2. The molecule has 1 aromatic rings. The molecule has 0 aromatic carbocycles. The van der Waals surface area contributed by atoms with Gasteiger partial charge in [-0.3, -0.25) is 0 Å². The Morgan fingerprint density at radius 3 is 3.00 bits per heavy atom. The summed E-state index contributed by atoms with van der Waals surface area (Å²) in [6.45, 7) is 4.12. The minimum Gasteiger partial charge on any atom is -0.325 e. The molecule has 1 aliphatic rings. The molecular formula is C8H12N4. The first-order valence-corrected chi connectivity index (χ1v) is 4.07. The zero-order valence-corrected chi connectivity index (χ0v) is 7.09. The molecule has 3 N–H and O–H groups in total. The normalized spacial score (nSPS) is 14.8. The Morgan fingerprint density at radius 2 is 2.25 bits per heavy atom. The first kappa shape index (κ1) is 7.64. The number of fused-ring (bicyclic) bond motifs is 1. The van der Waals surface area contributed by atoms with E-state index in [4.69, 9.17) is 5.73 Å². The molecule has 2 rings (SSSR count). The quantitative estimate of drug-likeness (QED) is 0.605. The number of nitrogens with two attached hydrogens (primary N) is 1. The average Bonchev–Trinajstić information content (AvgIpc) is 2.50. The third-order valence-corrected chi connectivity index (χ3v) is 2.08. The summed E-state index contributed by atoms with van der Waals surface area (Å²) in [5.41, 5.74) is 8.87. The van der Waals surface area contributed by atoms with Gasteiger partial charge < -0.3 is 11.1 Å². The fourth-order valence-corrected chi connectivity index (χ4v) is 1.54. The van der Waals surface area contributed by atoms with Crippen molar-refractivity contribution in [2.24, 2.45) is 5.73 Å². The molecular weight excluding hydrogens is 152 g/mol. The molecule has 0 atom stereocenters. The Balaban J connectivity index is 2.55. The lowest BCUT2D eigenvalue weighted by Crippen LogP contribution is -2.08. The van der Waals surface area contributed by atoms with Gasteiger partial charge in [0.1, 0.15) is 5.82 Å². The summed E-state index contributed by atoms with van der Waals surface area (Å²) in [5, 5.41) is 3.23. The van der Waals surface area contributed by atoms with Gasteiger partial charge in [0.2, 0.25) is 0 Å². The Labute approximate surface area is 71.2 Å². The van der Waals surface area contributed by atoms with Crippen molar-refractivity contribution in [1.29, 1.82) is 0 Å². The van der Waals surface area contributed by atoms with Crippen LogP contribution in [0.4, 0.5) is 0 Å². The Morgan fingerprint density at radius 1 is 1.42 bits per heavy atom. The van der Waals surface area contributed by atoms with E-state index in [9.17, 15) is 0 Å². The lowest BCUT2D eigenvalue weighted by Gasteiger charge is -2.04. The van der Waals surface area contributed by atoms with Crippen LogP contribution in [0.5, 0.6) is 0 Å². The highest BCUT2D eigenvalue weighted by Crippen LogP contribution is 2.15. The van der Waals surface area contributed by atoms with Crippen molar-refractivity contribution >= 4 is 0 Å². The van der Waals surface area contributed by atoms with Crippen LogP contribution >= 0.6 is 0 Å². The van der Waals surface area contributed by atoms with Gasteiger partial charge in [0, 0.05) is 25.2 Å². The molecule has 0 amide bonds. The van der Waals surface area contributed by atoms with Crippen LogP contribution in [0.3, 0.4) is 0 Å². The number of hydrogen-bond acceptors (Lipinski definition) is 4. The molecule has 0 unspecified atom stereocenters. The van der Waals surface area contributed by atoms with Gasteiger partial charge in [-0.25, -0.2) is 9.97 Å². The van der Waals surface area contributed by atoms with E-state index in [1.54, 1.807) is 0 Å². The number of nitrogens with zero attached hydrogens (tertiary/aromatic N) is 2. The van der Waals surface area contributed by atoms with Gasteiger partial charge in [-0.2, -0.15) is 0 Å². The topological polar surface area (TPSA) is 63.8 Å². The standard InChI is InChI=1S/C8H12N4/c1-5-11-7(2-9)6-3-10-4-8(6)12-5/h10H,2-4,9H2,1H3. The maximum Gasteiger partial charge on any atom is 0.125 e. The van der Waals surface area contributed by atoms with Crippen molar-refractivity contribution in [2.45, 2.75) is 26.6 Å². The number of rotatable bonds is 1. The van der Waals surface area contributed by atoms with E-state index in [1.807, 2.05) is 6.92 Å². The van der Waals surface area contributed by atoms with Crippen molar-refractivity contribution in [3.05, 3.63) is 22.8 Å². The molecule has 2 heterocycles. The molecule has 0 bridgehead atoms. The number of aryl methyl sites for hydroxylation is 1. The average molecular weight is 164 g/mol. The molecule has 4 nitrogen and oxygen atoms in total. The van der Waals surface area contributed by atoms with Crippen LogP contribution in [0.1, 0.15) is 22.8 Å². The van der Waals surface area contributed by atoms with E-state index in [0.717, 1.165) is 30.3 Å². The SMILES string of the molecule is Cc1nc(CN)c2c(n1)CNC2. The van der Waals surface area contributed by atoms with E-state index in [2.05, 4.69) is 15.3 Å². The highest BCUT2D eigenvalue weighted by Gasteiger charge is 2.16. The molecule has 0 fully saturated rings. The summed E-state index contributed by atoms with van der Waals surface area (Å²) < 4.78 is 0. The van der Waals surface area contributed by atoms with Crippen LogP contribution in [0.2, 0.25) is 0 Å². The van der Waals surface area contributed by atoms with Gasteiger partial charge >= 0.3 is 0 Å². The number of aromatic nitrogens is 2. The summed E-state index contributed by atoms with van der Waals surface area (Å²) in [6, 6.07) is 0. The van der Waals surface area contributed by atoms with E-state index in [-0.39, 0.29) is 0 Å². The minimum atomic E-state index is 0.507. The van der Waals surface area contributed by atoms with Crippen molar-refractivity contribution in [2.75, 3.05) is 0 Å². The van der Waals surface area contributed by atoms with Gasteiger partial charge in [-0.05, 0) is 6.92 Å². The monoisotopic (exact) mass is 164 g/mol. The molecule has 64 valence electrons. The van der Waals surface area contributed by atoms with E-state index >= 15 is 0 Å². The largest absolute Gasteiger partial charge is 0.325 e. The summed E-state index contributed by atoms with van der Waals surface area (Å²) in [5.74, 6) is 0.818. The van der Waals surface area contributed by atoms with Gasteiger partial charge in [0.25, 0.3) is 0 Å². The van der Waals surface area contributed by atoms with Crippen molar-refractivity contribution in [1.82, 2.24) is 15.3 Å². The maximum atomic E-state index is 5.57. The Bertz CT molecular complexity index is 308. The van der Waals surface area contributed by atoms with Crippen molar-refractivity contribution < 1.29 is 0 Å². The highest BCUT2D eigenvalue weighted by atomic mass is 15.0.